The van der Waals surface area contributed by atoms with Crippen LogP contribution in [0.5, 0.6) is 5.75 Å². The first kappa shape index (κ1) is 19.9. The summed E-state index contributed by atoms with van der Waals surface area (Å²) < 4.78 is 5.14. The number of anilines is 2. The van der Waals surface area contributed by atoms with Crippen molar-refractivity contribution in [3.63, 3.8) is 0 Å². The van der Waals surface area contributed by atoms with Gasteiger partial charge in [0, 0.05) is 37.8 Å². The molecule has 0 atom stereocenters. The summed E-state index contributed by atoms with van der Waals surface area (Å²) in [5, 5.41) is 6.68. The number of aryl methyl sites for hydroxylation is 1. The van der Waals surface area contributed by atoms with Gasteiger partial charge in [0.2, 0.25) is 0 Å². The summed E-state index contributed by atoms with van der Waals surface area (Å²) in [5.41, 5.74) is 0.661. The molecule has 1 fully saturated rings. The molecule has 1 aliphatic rings. The highest BCUT2D eigenvalue weighted by atomic mass is 16.5. The highest BCUT2D eigenvalue weighted by Crippen LogP contribution is 2.23. The molecular formula is C21H29N5O2. The molecule has 7 nitrogen and oxygen atoms in total. The Bertz CT molecular complexity index is 799. The second-order valence-electron chi connectivity index (χ2n) is 7.45. The van der Waals surface area contributed by atoms with E-state index in [2.05, 4.69) is 20.6 Å². The number of hydrogen-bond acceptors (Lipinski definition) is 6. The van der Waals surface area contributed by atoms with Gasteiger partial charge < -0.3 is 20.3 Å². The topological polar surface area (TPSA) is 79.4 Å². The molecule has 2 N–H and O–H groups in total. The van der Waals surface area contributed by atoms with Crippen LogP contribution in [0, 0.1) is 6.92 Å². The largest absolute Gasteiger partial charge is 0.497 e. The molecule has 0 bridgehead atoms. The number of nitrogens with one attached hydrogen (secondary N) is 2. The number of benzene rings is 1. The third kappa shape index (κ3) is 5.12. The van der Waals surface area contributed by atoms with Crippen LogP contribution in [0.2, 0.25) is 0 Å². The molecule has 0 unspecified atom stereocenters. The SMILES string of the molecule is COc1ccc(C(=O)NC2CCC(Nc3cc(N(C)C)nc(C)n3)CC2)cc1. The zero-order valence-electron chi connectivity index (χ0n) is 17.0. The Balaban J connectivity index is 1.51. The van der Waals surface area contributed by atoms with Crippen molar-refractivity contribution < 1.29 is 9.53 Å². The maximum absolute atomic E-state index is 12.4. The van der Waals surface area contributed by atoms with Gasteiger partial charge in [0.15, 0.2) is 0 Å². The Labute approximate surface area is 166 Å². The van der Waals surface area contributed by atoms with Crippen LogP contribution in [0.3, 0.4) is 0 Å². The summed E-state index contributed by atoms with van der Waals surface area (Å²) in [6, 6.07) is 9.74. The maximum Gasteiger partial charge on any atom is 0.251 e. The maximum atomic E-state index is 12.4. The first-order valence-corrected chi connectivity index (χ1v) is 9.69. The lowest BCUT2D eigenvalue weighted by Gasteiger charge is -2.30. The molecule has 7 heteroatoms. The molecule has 1 saturated carbocycles. The van der Waals surface area contributed by atoms with E-state index >= 15 is 0 Å². The predicted molar refractivity (Wildman–Crippen MR) is 111 cm³/mol. The third-order valence-corrected chi connectivity index (χ3v) is 5.05. The van der Waals surface area contributed by atoms with Gasteiger partial charge in [0.25, 0.3) is 5.91 Å². The van der Waals surface area contributed by atoms with Crippen LogP contribution in [0.25, 0.3) is 0 Å². The Morgan fingerprint density at radius 3 is 2.32 bits per heavy atom. The molecule has 0 saturated heterocycles. The standard InChI is InChI=1S/C21H29N5O2/c1-14-22-19(13-20(23-14)26(2)3)24-16-7-9-17(10-8-16)25-21(27)15-5-11-18(28-4)12-6-15/h5-6,11-13,16-17H,7-10H2,1-4H3,(H,25,27)(H,22,23,24). The lowest BCUT2D eigenvalue weighted by atomic mass is 9.91. The summed E-state index contributed by atoms with van der Waals surface area (Å²) in [5.74, 6) is 3.24. The highest BCUT2D eigenvalue weighted by Gasteiger charge is 2.23. The first-order chi connectivity index (χ1) is 13.4. The quantitative estimate of drug-likeness (QED) is 0.798. The van der Waals surface area contributed by atoms with Gasteiger partial charge in [-0.05, 0) is 56.9 Å². The molecule has 2 aromatic rings. The van der Waals surface area contributed by atoms with Gasteiger partial charge in [0.05, 0.1) is 7.11 Å². The summed E-state index contributed by atoms with van der Waals surface area (Å²) >= 11 is 0. The Hall–Kier alpha value is -2.83. The number of hydrogen-bond donors (Lipinski definition) is 2. The average Bonchev–Trinajstić information content (AvgIpc) is 2.69. The second-order valence-corrected chi connectivity index (χ2v) is 7.45. The molecule has 0 spiro atoms. The van der Waals surface area contributed by atoms with Gasteiger partial charge in [-0.3, -0.25) is 4.79 Å². The third-order valence-electron chi connectivity index (χ3n) is 5.05. The number of amides is 1. The molecule has 28 heavy (non-hydrogen) atoms. The monoisotopic (exact) mass is 383 g/mol. The van der Waals surface area contributed by atoms with Gasteiger partial charge in [0.1, 0.15) is 23.2 Å². The Kier molecular flexibility index (Phi) is 6.34. The van der Waals surface area contributed by atoms with Crippen molar-refractivity contribution in [3.8, 4) is 5.75 Å². The van der Waals surface area contributed by atoms with Gasteiger partial charge in [-0.15, -0.1) is 0 Å². The van der Waals surface area contributed by atoms with Crippen LogP contribution >= 0.6 is 0 Å². The molecule has 3 rings (SSSR count). The molecular weight excluding hydrogens is 354 g/mol. The fraction of sp³-hybridized carbons (Fsp3) is 0.476. The molecule has 1 heterocycles. The fourth-order valence-corrected chi connectivity index (χ4v) is 3.46. The highest BCUT2D eigenvalue weighted by molar-refractivity contribution is 5.94. The van der Waals surface area contributed by atoms with E-state index in [4.69, 9.17) is 4.74 Å². The van der Waals surface area contributed by atoms with Gasteiger partial charge in [-0.2, -0.15) is 0 Å². The summed E-state index contributed by atoms with van der Waals surface area (Å²) in [6.07, 6.45) is 3.89. The number of ether oxygens (including phenoxy) is 1. The molecule has 0 aliphatic heterocycles. The van der Waals surface area contributed by atoms with Crippen LogP contribution in [0.15, 0.2) is 30.3 Å². The summed E-state index contributed by atoms with van der Waals surface area (Å²) in [7, 11) is 5.57. The fourth-order valence-electron chi connectivity index (χ4n) is 3.46. The molecule has 150 valence electrons. The number of methoxy groups -OCH3 is 1. The van der Waals surface area contributed by atoms with Crippen molar-refractivity contribution in [3.05, 3.63) is 41.7 Å². The summed E-state index contributed by atoms with van der Waals surface area (Å²) in [6.45, 7) is 1.91. The number of aromatic nitrogens is 2. The molecule has 1 aliphatic carbocycles. The second kappa shape index (κ2) is 8.91. The Morgan fingerprint density at radius 1 is 1.07 bits per heavy atom. The van der Waals surface area contributed by atoms with Crippen molar-refractivity contribution in [1.29, 1.82) is 0 Å². The van der Waals surface area contributed by atoms with Crippen molar-refractivity contribution in [1.82, 2.24) is 15.3 Å². The number of nitrogens with zero attached hydrogens (tertiary/aromatic N) is 3. The lowest BCUT2D eigenvalue weighted by molar-refractivity contribution is 0.0926. The number of rotatable bonds is 6. The molecule has 1 amide bonds. The minimum absolute atomic E-state index is 0.0267. The smallest absolute Gasteiger partial charge is 0.251 e. The first-order valence-electron chi connectivity index (χ1n) is 9.69. The van der Waals surface area contributed by atoms with E-state index in [-0.39, 0.29) is 11.9 Å². The number of carbonyl (C=O) groups excluding carboxylic acids is 1. The average molecular weight is 383 g/mol. The molecule has 1 aromatic heterocycles. The van der Waals surface area contributed by atoms with E-state index in [1.807, 2.05) is 32.0 Å². The zero-order chi connectivity index (χ0) is 20.1. The van der Waals surface area contributed by atoms with Crippen LogP contribution < -0.4 is 20.3 Å². The van der Waals surface area contributed by atoms with Crippen LogP contribution in [0.1, 0.15) is 41.9 Å². The minimum atomic E-state index is -0.0267. The van der Waals surface area contributed by atoms with E-state index < -0.39 is 0 Å². The van der Waals surface area contributed by atoms with Gasteiger partial charge in [-0.1, -0.05) is 0 Å². The normalized spacial score (nSPS) is 19.0. The zero-order valence-corrected chi connectivity index (χ0v) is 17.0. The van der Waals surface area contributed by atoms with Gasteiger partial charge in [-0.25, -0.2) is 9.97 Å². The number of carbonyl (C=O) groups is 1. The van der Waals surface area contributed by atoms with Gasteiger partial charge >= 0.3 is 0 Å². The van der Waals surface area contributed by atoms with E-state index in [1.54, 1.807) is 31.4 Å². The van der Waals surface area contributed by atoms with Crippen molar-refractivity contribution in [2.45, 2.75) is 44.7 Å². The van der Waals surface area contributed by atoms with Crippen molar-refractivity contribution in [2.75, 3.05) is 31.4 Å². The van der Waals surface area contributed by atoms with Crippen LogP contribution in [-0.4, -0.2) is 49.2 Å². The van der Waals surface area contributed by atoms with E-state index in [1.165, 1.54) is 0 Å². The van der Waals surface area contributed by atoms with Crippen LogP contribution in [-0.2, 0) is 0 Å². The minimum Gasteiger partial charge on any atom is -0.497 e. The predicted octanol–water partition coefficient (Wildman–Crippen LogP) is 3.01. The van der Waals surface area contributed by atoms with Crippen LogP contribution in [0.4, 0.5) is 11.6 Å². The molecule has 0 radical (unpaired) electrons. The van der Waals surface area contributed by atoms with Crippen molar-refractivity contribution >= 4 is 17.5 Å². The van der Waals surface area contributed by atoms with E-state index in [9.17, 15) is 4.79 Å². The molecule has 1 aromatic carbocycles. The van der Waals surface area contributed by atoms with Crippen molar-refractivity contribution in [2.24, 2.45) is 0 Å². The Morgan fingerprint density at radius 2 is 1.71 bits per heavy atom. The van der Waals surface area contributed by atoms with E-state index in [0.29, 0.717) is 11.6 Å². The van der Waals surface area contributed by atoms with E-state index in [0.717, 1.165) is 48.9 Å². The summed E-state index contributed by atoms with van der Waals surface area (Å²) in [4.78, 5) is 23.3. The lowest BCUT2D eigenvalue weighted by Crippen LogP contribution is -2.40.